The second-order valence-electron chi connectivity index (χ2n) is 5.39. The van der Waals surface area contributed by atoms with Crippen LogP contribution < -0.4 is 10.6 Å². The molecule has 2 rings (SSSR count). The van der Waals surface area contributed by atoms with Crippen LogP contribution in [-0.4, -0.2) is 43.0 Å². The zero-order chi connectivity index (χ0) is 13.8. The molecular formula is C15H23N3O. The van der Waals surface area contributed by atoms with Gasteiger partial charge in [0.05, 0.1) is 6.54 Å². The summed E-state index contributed by atoms with van der Waals surface area (Å²) in [6.07, 6.45) is 0. The summed E-state index contributed by atoms with van der Waals surface area (Å²) in [6.45, 7) is 9.54. The Balaban J connectivity index is 1.93. The monoisotopic (exact) mass is 261 g/mol. The lowest BCUT2D eigenvalue weighted by molar-refractivity contribution is -0.118. The zero-order valence-corrected chi connectivity index (χ0v) is 12.0. The minimum Gasteiger partial charge on any atom is -0.325 e. The Morgan fingerprint density at radius 1 is 1.47 bits per heavy atom. The summed E-state index contributed by atoms with van der Waals surface area (Å²) in [5, 5.41) is 6.33. The summed E-state index contributed by atoms with van der Waals surface area (Å²) < 4.78 is 0. The number of benzene rings is 1. The number of hydrogen-bond donors (Lipinski definition) is 2. The predicted octanol–water partition coefficient (Wildman–Crippen LogP) is 1.54. The molecule has 1 aliphatic rings. The average molecular weight is 261 g/mol. The molecule has 1 aromatic rings. The van der Waals surface area contributed by atoms with Gasteiger partial charge in [-0.25, -0.2) is 0 Å². The van der Waals surface area contributed by atoms with Crippen molar-refractivity contribution < 1.29 is 4.79 Å². The number of aryl methyl sites for hydroxylation is 2. The lowest BCUT2D eigenvalue weighted by atomic mass is 10.1. The molecule has 1 saturated heterocycles. The van der Waals surface area contributed by atoms with Crippen LogP contribution in [0.4, 0.5) is 5.69 Å². The number of nitrogens with zero attached hydrogens (tertiary/aromatic N) is 1. The van der Waals surface area contributed by atoms with Crippen molar-refractivity contribution >= 4 is 11.6 Å². The van der Waals surface area contributed by atoms with E-state index in [1.807, 2.05) is 19.1 Å². The second kappa shape index (κ2) is 6.17. The van der Waals surface area contributed by atoms with Gasteiger partial charge in [0.15, 0.2) is 0 Å². The Labute approximate surface area is 115 Å². The van der Waals surface area contributed by atoms with E-state index >= 15 is 0 Å². The molecule has 19 heavy (non-hydrogen) atoms. The van der Waals surface area contributed by atoms with Gasteiger partial charge in [0.1, 0.15) is 0 Å². The summed E-state index contributed by atoms with van der Waals surface area (Å²) >= 11 is 0. The second-order valence-corrected chi connectivity index (χ2v) is 5.39. The zero-order valence-electron chi connectivity index (χ0n) is 12.0. The fraction of sp³-hybridized carbons (Fsp3) is 0.533. The minimum atomic E-state index is 0.0701. The molecule has 1 aliphatic heterocycles. The smallest absolute Gasteiger partial charge is 0.238 e. The number of carbonyl (C=O) groups is 1. The van der Waals surface area contributed by atoms with Crippen LogP contribution >= 0.6 is 0 Å². The molecule has 1 fully saturated rings. The molecule has 0 aromatic heterocycles. The first-order valence-corrected chi connectivity index (χ1v) is 6.88. The maximum atomic E-state index is 12.1. The first kappa shape index (κ1) is 14.0. The van der Waals surface area contributed by atoms with Gasteiger partial charge in [0, 0.05) is 31.4 Å². The number of hydrogen-bond acceptors (Lipinski definition) is 3. The van der Waals surface area contributed by atoms with Gasteiger partial charge < -0.3 is 10.6 Å². The number of carbonyl (C=O) groups excluding carboxylic acids is 1. The summed E-state index contributed by atoms with van der Waals surface area (Å²) in [4.78, 5) is 14.3. The fourth-order valence-electron chi connectivity index (χ4n) is 2.45. The van der Waals surface area contributed by atoms with Gasteiger partial charge in [-0.3, -0.25) is 9.69 Å². The lowest BCUT2D eigenvalue weighted by Crippen LogP contribution is -2.52. The third-order valence-corrected chi connectivity index (χ3v) is 3.64. The largest absolute Gasteiger partial charge is 0.325 e. The molecule has 2 N–H and O–H groups in total. The molecule has 0 spiro atoms. The molecule has 0 radical (unpaired) electrons. The van der Waals surface area contributed by atoms with Crippen LogP contribution in [0.3, 0.4) is 0 Å². The first-order valence-electron chi connectivity index (χ1n) is 6.88. The molecule has 0 saturated carbocycles. The lowest BCUT2D eigenvalue weighted by Gasteiger charge is -2.33. The Bertz CT molecular complexity index is 459. The third kappa shape index (κ3) is 3.78. The summed E-state index contributed by atoms with van der Waals surface area (Å²) in [5.74, 6) is 0.0701. The summed E-state index contributed by atoms with van der Waals surface area (Å²) in [5.41, 5.74) is 3.24. The molecule has 0 bridgehead atoms. The standard InChI is InChI=1S/C15H23N3O/c1-11-4-5-14(12(2)8-11)17-15(19)10-18-7-6-16-9-13(18)3/h4-5,8,13,16H,6-7,9-10H2,1-3H3,(H,17,19)/t13-/m1/s1. The van der Waals surface area contributed by atoms with Gasteiger partial charge in [-0.2, -0.15) is 0 Å². The van der Waals surface area contributed by atoms with Gasteiger partial charge in [0.2, 0.25) is 5.91 Å². The quantitative estimate of drug-likeness (QED) is 0.867. The Morgan fingerprint density at radius 3 is 2.95 bits per heavy atom. The Kier molecular flexibility index (Phi) is 4.56. The fourth-order valence-corrected chi connectivity index (χ4v) is 2.45. The van der Waals surface area contributed by atoms with Crippen molar-refractivity contribution in [2.75, 3.05) is 31.5 Å². The van der Waals surface area contributed by atoms with Crippen molar-refractivity contribution in [2.45, 2.75) is 26.8 Å². The molecule has 4 heteroatoms. The molecular weight excluding hydrogens is 238 g/mol. The molecule has 0 aliphatic carbocycles. The summed E-state index contributed by atoms with van der Waals surface area (Å²) in [7, 11) is 0. The SMILES string of the molecule is Cc1ccc(NC(=O)CN2CCNC[C@H]2C)c(C)c1. The van der Waals surface area contributed by atoms with Gasteiger partial charge >= 0.3 is 0 Å². The van der Waals surface area contributed by atoms with E-state index in [-0.39, 0.29) is 5.91 Å². The van der Waals surface area contributed by atoms with Crippen LogP contribution in [0, 0.1) is 13.8 Å². The maximum Gasteiger partial charge on any atom is 0.238 e. The minimum absolute atomic E-state index is 0.0701. The number of anilines is 1. The third-order valence-electron chi connectivity index (χ3n) is 3.64. The van der Waals surface area contributed by atoms with Crippen LogP contribution in [0.5, 0.6) is 0 Å². The number of piperazine rings is 1. The van der Waals surface area contributed by atoms with E-state index in [9.17, 15) is 4.79 Å². The highest BCUT2D eigenvalue weighted by Crippen LogP contribution is 2.16. The Morgan fingerprint density at radius 2 is 2.26 bits per heavy atom. The highest BCUT2D eigenvalue weighted by Gasteiger charge is 2.20. The van der Waals surface area contributed by atoms with Crippen LogP contribution in [0.2, 0.25) is 0 Å². The van der Waals surface area contributed by atoms with E-state index in [1.54, 1.807) is 0 Å². The van der Waals surface area contributed by atoms with Gasteiger partial charge in [0.25, 0.3) is 0 Å². The normalized spacial score (nSPS) is 20.3. The highest BCUT2D eigenvalue weighted by molar-refractivity contribution is 5.93. The molecule has 0 unspecified atom stereocenters. The molecule has 1 atom stereocenters. The van der Waals surface area contributed by atoms with E-state index in [1.165, 1.54) is 5.56 Å². The van der Waals surface area contributed by atoms with Crippen LogP contribution in [0.25, 0.3) is 0 Å². The maximum absolute atomic E-state index is 12.1. The molecule has 104 valence electrons. The predicted molar refractivity (Wildman–Crippen MR) is 78.5 cm³/mol. The average Bonchev–Trinajstić information content (AvgIpc) is 2.36. The van der Waals surface area contributed by atoms with Crippen LogP contribution in [0.1, 0.15) is 18.1 Å². The van der Waals surface area contributed by atoms with E-state index in [2.05, 4.69) is 35.4 Å². The van der Waals surface area contributed by atoms with E-state index in [4.69, 9.17) is 0 Å². The molecule has 1 aromatic carbocycles. The van der Waals surface area contributed by atoms with Crippen molar-refractivity contribution in [1.82, 2.24) is 10.2 Å². The van der Waals surface area contributed by atoms with Crippen molar-refractivity contribution in [2.24, 2.45) is 0 Å². The van der Waals surface area contributed by atoms with E-state index in [0.717, 1.165) is 30.9 Å². The topological polar surface area (TPSA) is 44.4 Å². The molecule has 4 nitrogen and oxygen atoms in total. The van der Waals surface area contributed by atoms with Crippen LogP contribution in [-0.2, 0) is 4.79 Å². The number of rotatable bonds is 3. The van der Waals surface area contributed by atoms with Crippen molar-refractivity contribution in [3.63, 3.8) is 0 Å². The van der Waals surface area contributed by atoms with Gasteiger partial charge in [-0.15, -0.1) is 0 Å². The van der Waals surface area contributed by atoms with E-state index in [0.29, 0.717) is 12.6 Å². The van der Waals surface area contributed by atoms with Crippen LogP contribution in [0.15, 0.2) is 18.2 Å². The summed E-state index contributed by atoms with van der Waals surface area (Å²) in [6, 6.07) is 6.50. The van der Waals surface area contributed by atoms with Crippen molar-refractivity contribution in [3.05, 3.63) is 29.3 Å². The van der Waals surface area contributed by atoms with Gasteiger partial charge in [-0.1, -0.05) is 17.7 Å². The van der Waals surface area contributed by atoms with Crippen molar-refractivity contribution in [1.29, 1.82) is 0 Å². The van der Waals surface area contributed by atoms with Gasteiger partial charge in [-0.05, 0) is 32.4 Å². The Hall–Kier alpha value is -1.39. The highest BCUT2D eigenvalue weighted by atomic mass is 16.2. The molecule has 1 heterocycles. The number of amides is 1. The van der Waals surface area contributed by atoms with E-state index < -0.39 is 0 Å². The van der Waals surface area contributed by atoms with Crippen molar-refractivity contribution in [3.8, 4) is 0 Å². The first-order chi connectivity index (χ1) is 9.06. The molecule has 1 amide bonds. The number of nitrogens with one attached hydrogen (secondary N) is 2.